The fourth-order valence-electron chi connectivity index (χ4n) is 5.07. The Bertz CT molecular complexity index is 1250. The lowest BCUT2D eigenvalue weighted by Crippen LogP contribution is -2.49. The van der Waals surface area contributed by atoms with Crippen molar-refractivity contribution < 1.29 is 29.3 Å². The molecular weight excluding hydrogens is 550 g/mol. The minimum Gasteiger partial charge on any atom is -0.478 e. The summed E-state index contributed by atoms with van der Waals surface area (Å²) in [6, 6.07) is 14.3. The van der Waals surface area contributed by atoms with Crippen molar-refractivity contribution in [1.82, 2.24) is 14.7 Å². The Balaban J connectivity index is 0.000000406. The number of piperazine rings is 1. The van der Waals surface area contributed by atoms with Crippen LogP contribution in [0.4, 0.5) is 4.79 Å². The van der Waals surface area contributed by atoms with Crippen LogP contribution in [0.25, 0.3) is 0 Å². The summed E-state index contributed by atoms with van der Waals surface area (Å²) in [5, 5.41) is 15.6. The second-order valence-corrected chi connectivity index (χ2v) is 11.8. The number of thioether (sulfide) groups is 1. The lowest BCUT2D eigenvalue weighted by Gasteiger charge is -2.40. The molecule has 2 saturated heterocycles. The zero-order chi connectivity index (χ0) is 28.6. The van der Waals surface area contributed by atoms with Gasteiger partial charge in [0.1, 0.15) is 6.61 Å². The number of amides is 1. The van der Waals surface area contributed by atoms with E-state index in [4.69, 9.17) is 14.9 Å². The van der Waals surface area contributed by atoms with Gasteiger partial charge in [-0.05, 0) is 55.0 Å². The maximum atomic E-state index is 11.7. The number of aryl methyl sites for hydroxylation is 1. The quantitative estimate of drug-likeness (QED) is 0.362. The van der Waals surface area contributed by atoms with Crippen LogP contribution in [-0.2, 0) is 20.7 Å². The van der Waals surface area contributed by atoms with Gasteiger partial charge in [-0.3, -0.25) is 9.80 Å². The van der Waals surface area contributed by atoms with Crippen LogP contribution in [-0.4, -0.2) is 102 Å². The lowest BCUT2D eigenvalue weighted by atomic mass is 9.96. The fraction of sp³-hybridized carbons (Fsp3) is 0.414. The number of cyclic esters (lactones) is 1. The van der Waals surface area contributed by atoms with Crippen LogP contribution in [0.2, 0.25) is 0 Å². The van der Waals surface area contributed by atoms with Gasteiger partial charge in [0.25, 0.3) is 0 Å². The Morgan fingerprint density at radius 2 is 1.70 bits per heavy atom. The van der Waals surface area contributed by atoms with Crippen LogP contribution in [0, 0.1) is 6.92 Å². The Kier molecular flexibility index (Phi) is 10.5. The van der Waals surface area contributed by atoms with Gasteiger partial charge in [0.05, 0.1) is 6.54 Å². The van der Waals surface area contributed by atoms with Crippen molar-refractivity contribution in [1.29, 1.82) is 0 Å². The van der Waals surface area contributed by atoms with Crippen LogP contribution in [0.3, 0.4) is 0 Å². The molecule has 214 valence electrons. The Morgan fingerprint density at radius 3 is 2.33 bits per heavy atom. The van der Waals surface area contributed by atoms with E-state index in [1.807, 2.05) is 28.4 Å². The molecule has 40 heavy (non-hydrogen) atoms. The first-order chi connectivity index (χ1) is 19.2. The summed E-state index contributed by atoms with van der Waals surface area (Å²) in [5.41, 5.74) is 4.28. The predicted octanol–water partition coefficient (Wildman–Crippen LogP) is 4.25. The topological polar surface area (TPSA) is 111 Å². The third-order valence-corrected chi connectivity index (χ3v) is 9.11. The second-order valence-electron chi connectivity index (χ2n) is 9.83. The highest BCUT2D eigenvalue weighted by molar-refractivity contribution is 7.99. The summed E-state index contributed by atoms with van der Waals surface area (Å²) in [5.74, 6) is -2.51. The van der Waals surface area contributed by atoms with Crippen LogP contribution in [0.1, 0.15) is 22.7 Å². The van der Waals surface area contributed by atoms with E-state index in [0.29, 0.717) is 24.8 Å². The average molecular weight is 586 g/mol. The average Bonchev–Trinajstić information content (AvgIpc) is 3.28. The number of rotatable bonds is 7. The SMILES string of the molecule is CSc1ccc2c(c1)C(N1CCN(CCN3CCOC3=O)CC1)Cc1cc(C)ccc1S2.O=C(O)/C=C\C(=O)O. The summed E-state index contributed by atoms with van der Waals surface area (Å²) in [7, 11) is 0. The van der Waals surface area contributed by atoms with E-state index < -0.39 is 11.9 Å². The molecular formula is C29H35N3O6S2. The zero-order valence-electron chi connectivity index (χ0n) is 22.7. The molecule has 2 fully saturated rings. The molecule has 1 atom stereocenters. The predicted molar refractivity (Wildman–Crippen MR) is 155 cm³/mol. The van der Waals surface area contributed by atoms with Crippen LogP contribution >= 0.6 is 23.5 Å². The van der Waals surface area contributed by atoms with Crippen molar-refractivity contribution in [3.05, 3.63) is 65.2 Å². The highest BCUT2D eigenvalue weighted by Gasteiger charge is 2.31. The monoisotopic (exact) mass is 585 g/mol. The largest absolute Gasteiger partial charge is 0.478 e. The van der Waals surface area contributed by atoms with Crippen molar-refractivity contribution in [2.45, 2.75) is 34.1 Å². The first kappa shape index (κ1) is 30.0. The number of nitrogens with zero attached hydrogens (tertiary/aromatic N) is 3. The number of carboxylic acid groups (broad SMARTS) is 2. The van der Waals surface area contributed by atoms with Gasteiger partial charge in [-0.15, -0.1) is 11.8 Å². The van der Waals surface area contributed by atoms with Gasteiger partial charge in [-0.1, -0.05) is 29.5 Å². The van der Waals surface area contributed by atoms with Crippen molar-refractivity contribution in [2.24, 2.45) is 0 Å². The van der Waals surface area contributed by atoms with E-state index >= 15 is 0 Å². The molecule has 2 N–H and O–H groups in total. The van der Waals surface area contributed by atoms with Gasteiger partial charge >= 0.3 is 18.0 Å². The number of hydrogen-bond donors (Lipinski definition) is 2. The number of carboxylic acids is 2. The highest BCUT2D eigenvalue weighted by Crippen LogP contribution is 2.44. The number of aliphatic carboxylic acids is 2. The smallest absolute Gasteiger partial charge is 0.409 e. The van der Waals surface area contributed by atoms with Crippen molar-refractivity contribution in [3.8, 4) is 0 Å². The molecule has 0 aliphatic carbocycles. The van der Waals surface area contributed by atoms with E-state index in [-0.39, 0.29) is 6.09 Å². The van der Waals surface area contributed by atoms with Crippen LogP contribution in [0.15, 0.2) is 63.2 Å². The minimum absolute atomic E-state index is 0.158. The number of carbonyl (C=O) groups is 3. The zero-order valence-corrected chi connectivity index (χ0v) is 24.4. The maximum absolute atomic E-state index is 11.7. The van der Waals surface area contributed by atoms with Crippen molar-refractivity contribution in [2.75, 3.05) is 58.7 Å². The molecule has 0 spiro atoms. The molecule has 3 aliphatic heterocycles. The van der Waals surface area contributed by atoms with Crippen molar-refractivity contribution >= 4 is 41.6 Å². The molecule has 2 aromatic carbocycles. The summed E-state index contributed by atoms with van der Waals surface area (Å²) >= 11 is 3.75. The third kappa shape index (κ3) is 8.03. The molecule has 1 unspecified atom stereocenters. The Hall–Kier alpha value is -2.99. The number of benzene rings is 2. The first-order valence-electron chi connectivity index (χ1n) is 13.2. The van der Waals surface area contributed by atoms with E-state index in [2.05, 4.69) is 59.4 Å². The molecule has 2 aromatic rings. The van der Waals surface area contributed by atoms with E-state index in [1.165, 1.54) is 31.4 Å². The molecule has 3 heterocycles. The maximum Gasteiger partial charge on any atom is 0.409 e. The van der Waals surface area contributed by atoms with Gasteiger partial charge in [0.2, 0.25) is 0 Å². The molecule has 9 nitrogen and oxygen atoms in total. The minimum atomic E-state index is -1.26. The molecule has 0 aromatic heterocycles. The summed E-state index contributed by atoms with van der Waals surface area (Å²) in [4.78, 5) is 41.9. The van der Waals surface area contributed by atoms with Crippen LogP contribution < -0.4 is 0 Å². The van der Waals surface area contributed by atoms with Crippen LogP contribution in [0.5, 0.6) is 0 Å². The molecule has 11 heteroatoms. The normalized spacial score (nSPS) is 19.3. The van der Waals surface area contributed by atoms with Crippen molar-refractivity contribution in [3.63, 3.8) is 0 Å². The molecule has 0 radical (unpaired) electrons. The van der Waals surface area contributed by atoms with Gasteiger partial charge in [0, 0.05) is 72.1 Å². The first-order valence-corrected chi connectivity index (χ1v) is 15.2. The summed E-state index contributed by atoms with van der Waals surface area (Å²) in [6.07, 6.45) is 4.18. The van der Waals surface area contributed by atoms with Gasteiger partial charge in [-0.2, -0.15) is 0 Å². The molecule has 5 rings (SSSR count). The number of ether oxygens (including phenoxy) is 1. The molecule has 0 bridgehead atoms. The standard InChI is InChI=1S/C25H31N3O2S2.C4H4O4/c1-18-3-5-23-19(15-18)16-22(21-17-20(31-2)4-6-24(21)32-23)27-10-7-26(8-11-27)9-12-28-13-14-30-25(28)29;5-3(6)1-2-4(7)8/h3-6,15,17,22H,7-14,16H2,1-2H3;1-2H,(H,5,6)(H,7,8)/b;2-1-. The van der Waals surface area contributed by atoms with E-state index in [1.54, 1.807) is 0 Å². The van der Waals surface area contributed by atoms with Gasteiger partial charge in [0.15, 0.2) is 0 Å². The summed E-state index contributed by atoms with van der Waals surface area (Å²) in [6.45, 7) is 9.36. The van der Waals surface area contributed by atoms with E-state index in [9.17, 15) is 14.4 Å². The van der Waals surface area contributed by atoms with Gasteiger partial charge < -0.3 is 19.8 Å². The Morgan fingerprint density at radius 1 is 1.00 bits per heavy atom. The molecule has 1 amide bonds. The second kappa shape index (κ2) is 14.1. The third-order valence-electron chi connectivity index (χ3n) is 7.17. The lowest BCUT2D eigenvalue weighted by molar-refractivity contribution is -0.134. The number of fused-ring (bicyclic) bond motifs is 2. The summed E-state index contributed by atoms with van der Waals surface area (Å²) < 4.78 is 5.06. The highest BCUT2D eigenvalue weighted by atomic mass is 32.2. The number of carbonyl (C=O) groups excluding carboxylic acids is 1. The molecule has 3 aliphatic rings. The fourth-order valence-corrected chi connectivity index (χ4v) is 6.61. The van der Waals surface area contributed by atoms with Gasteiger partial charge in [-0.25, -0.2) is 14.4 Å². The Labute approximate surface area is 243 Å². The van der Waals surface area contributed by atoms with E-state index in [0.717, 1.165) is 52.2 Å². The number of hydrogen-bond acceptors (Lipinski definition) is 8. The molecule has 0 saturated carbocycles.